The van der Waals surface area contributed by atoms with Crippen molar-refractivity contribution >= 4 is 0 Å². The molecular formula is C23H22N2O2. The molecule has 2 aromatic rings. The summed E-state index contributed by atoms with van der Waals surface area (Å²) < 4.78 is 11.7. The van der Waals surface area contributed by atoms with E-state index in [1.165, 1.54) is 0 Å². The van der Waals surface area contributed by atoms with Gasteiger partial charge in [-0.25, -0.2) is 0 Å². The van der Waals surface area contributed by atoms with Crippen molar-refractivity contribution in [3.05, 3.63) is 83.3 Å². The van der Waals surface area contributed by atoms with Crippen LogP contribution in [0.5, 0.6) is 11.5 Å². The van der Waals surface area contributed by atoms with E-state index in [0.717, 1.165) is 36.1 Å². The first-order valence-electron chi connectivity index (χ1n) is 9.29. The highest BCUT2D eigenvalue weighted by atomic mass is 16.5. The lowest BCUT2D eigenvalue weighted by Gasteiger charge is -2.33. The minimum absolute atomic E-state index is 0.0214. The van der Waals surface area contributed by atoms with Crippen LogP contribution >= 0.6 is 0 Å². The summed E-state index contributed by atoms with van der Waals surface area (Å²) in [7, 11) is 0. The van der Waals surface area contributed by atoms with Gasteiger partial charge in [-0.15, -0.1) is 0 Å². The van der Waals surface area contributed by atoms with Gasteiger partial charge in [0, 0.05) is 17.5 Å². The third-order valence-electron chi connectivity index (χ3n) is 5.27. The largest absolute Gasteiger partial charge is 0.489 e. The van der Waals surface area contributed by atoms with Crippen molar-refractivity contribution < 1.29 is 9.47 Å². The molecule has 0 fully saturated rings. The third-order valence-corrected chi connectivity index (χ3v) is 5.27. The molecule has 136 valence electrons. The maximum atomic E-state index is 9.64. The molecule has 0 spiro atoms. The van der Waals surface area contributed by atoms with Gasteiger partial charge in [0.05, 0.1) is 5.57 Å². The molecule has 0 bridgehead atoms. The van der Waals surface area contributed by atoms with Crippen molar-refractivity contribution in [3.8, 4) is 17.6 Å². The van der Waals surface area contributed by atoms with E-state index in [1.54, 1.807) is 0 Å². The number of rotatable bonds is 4. The van der Waals surface area contributed by atoms with E-state index in [2.05, 4.69) is 18.2 Å². The van der Waals surface area contributed by atoms with Crippen molar-refractivity contribution in [2.45, 2.75) is 31.8 Å². The SMILES string of the molecule is N#CC1=C(N)Oc2cc(OCc3ccccc3)ccc2[C@H]1[C@@H]1CC=CCC1. The summed E-state index contributed by atoms with van der Waals surface area (Å²) in [5.74, 6) is 1.98. The predicted octanol–water partition coefficient (Wildman–Crippen LogP) is 4.79. The number of nitriles is 1. The van der Waals surface area contributed by atoms with Gasteiger partial charge in [-0.3, -0.25) is 0 Å². The molecule has 1 aliphatic carbocycles. The number of nitrogens with two attached hydrogens (primary N) is 1. The van der Waals surface area contributed by atoms with E-state index in [9.17, 15) is 5.26 Å². The fourth-order valence-corrected chi connectivity index (χ4v) is 3.91. The molecule has 4 nitrogen and oxygen atoms in total. The molecule has 0 radical (unpaired) electrons. The van der Waals surface area contributed by atoms with Crippen molar-refractivity contribution in [1.29, 1.82) is 5.26 Å². The molecule has 4 rings (SSSR count). The van der Waals surface area contributed by atoms with E-state index in [0.29, 0.717) is 23.8 Å². The Bertz CT molecular complexity index is 925. The Morgan fingerprint density at radius 3 is 2.74 bits per heavy atom. The van der Waals surface area contributed by atoms with Crippen LogP contribution in [0.3, 0.4) is 0 Å². The van der Waals surface area contributed by atoms with Gasteiger partial charge in [0.1, 0.15) is 24.2 Å². The Hall–Kier alpha value is -3.19. The maximum Gasteiger partial charge on any atom is 0.205 e. The lowest BCUT2D eigenvalue weighted by atomic mass is 9.74. The van der Waals surface area contributed by atoms with Crippen LogP contribution in [-0.2, 0) is 6.61 Å². The van der Waals surface area contributed by atoms with Crippen LogP contribution in [0.1, 0.15) is 36.3 Å². The van der Waals surface area contributed by atoms with Gasteiger partial charge in [-0.05, 0) is 36.8 Å². The summed E-state index contributed by atoms with van der Waals surface area (Å²) in [4.78, 5) is 0. The number of fused-ring (bicyclic) bond motifs is 1. The van der Waals surface area contributed by atoms with Crippen molar-refractivity contribution in [2.75, 3.05) is 0 Å². The molecule has 4 heteroatoms. The molecule has 2 N–H and O–H groups in total. The lowest BCUT2D eigenvalue weighted by molar-refractivity contribution is 0.300. The Kier molecular flexibility index (Phi) is 4.84. The van der Waals surface area contributed by atoms with Crippen molar-refractivity contribution in [3.63, 3.8) is 0 Å². The number of hydrogen-bond acceptors (Lipinski definition) is 4. The van der Waals surface area contributed by atoms with E-state index in [-0.39, 0.29) is 11.8 Å². The zero-order valence-corrected chi connectivity index (χ0v) is 15.1. The van der Waals surface area contributed by atoms with Gasteiger partial charge in [0.25, 0.3) is 0 Å². The van der Waals surface area contributed by atoms with E-state index in [1.807, 2.05) is 48.5 Å². The minimum atomic E-state index is -0.0214. The summed E-state index contributed by atoms with van der Waals surface area (Å²) in [5.41, 5.74) is 8.76. The molecule has 2 aliphatic rings. The summed E-state index contributed by atoms with van der Waals surface area (Å²) in [6.07, 6.45) is 7.44. The molecule has 1 heterocycles. The molecule has 27 heavy (non-hydrogen) atoms. The zero-order valence-electron chi connectivity index (χ0n) is 15.1. The van der Waals surface area contributed by atoms with Crippen molar-refractivity contribution in [1.82, 2.24) is 0 Å². The van der Waals surface area contributed by atoms with Gasteiger partial charge in [-0.1, -0.05) is 48.6 Å². The van der Waals surface area contributed by atoms with Crippen molar-refractivity contribution in [2.24, 2.45) is 11.7 Å². The first-order chi connectivity index (χ1) is 13.3. The molecule has 0 saturated heterocycles. The number of nitrogens with zero attached hydrogens (tertiary/aromatic N) is 1. The minimum Gasteiger partial charge on any atom is -0.489 e. The average Bonchev–Trinajstić information content (AvgIpc) is 2.72. The maximum absolute atomic E-state index is 9.64. The Morgan fingerprint density at radius 1 is 1.15 bits per heavy atom. The number of hydrogen-bond donors (Lipinski definition) is 1. The molecule has 0 unspecified atom stereocenters. The third kappa shape index (κ3) is 3.54. The Labute approximate surface area is 159 Å². The number of benzene rings is 2. The van der Waals surface area contributed by atoms with Gasteiger partial charge in [-0.2, -0.15) is 5.26 Å². The molecule has 2 aromatic carbocycles. The van der Waals surface area contributed by atoms with Gasteiger partial charge in [0.15, 0.2) is 0 Å². The van der Waals surface area contributed by atoms with Crippen LogP contribution in [0, 0.1) is 17.2 Å². The fraction of sp³-hybridized carbons (Fsp3) is 0.261. The van der Waals surface area contributed by atoms with Crippen LogP contribution in [0.4, 0.5) is 0 Å². The second-order valence-electron chi connectivity index (χ2n) is 6.99. The van der Waals surface area contributed by atoms with Crippen LogP contribution in [0.25, 0.3) is 0 Å². The van der Waals surface area contributed by atoms with E-state index in [4.69, 9.17) is 15.2 Å². The molecular weight excluding hydrogens is 336 g/mol. The molecule has 0 amide bonds. The average molecular weight is 358 g/mol. The van der Waals surface area contributed by atoms with E-state index >= 15 is 0 Å². The number of allylic oxidation sites excluding steroid dienone is 3. The smallest absolute Gasteiger partial charge is 0.205 e. The fourth-order valence-electron chi connectivity index (χ4n) is 3.91. The normalized spacial score (nSPS) is 21.1. The second kappa shape index (κ2) is 7.59. The lowest BCUT2D eigenvalue weighted by Crippen LogP contribution is -2.25. The highest BCUT2D eigenvalue weighted by Crippen LogP contribution is 2.46. The highest BCUT2D eigenvalue weighted by Gasteiger charge is 2.35. The van der Waals surface area contributed by atoms with E-state index < -0.39 is 0 Å². The van der Waals surface area contributed by atoms with Crippen LogP contribution in [0.2, 0.25) is 0 Å². The van der Waals surface area contributed by atoms with Gasteiger partial charge < -0.3 is 15.2 Å². The Morgan fingerprint density at radius 2 is 2.00 bits per heavy atom. The molecule has 2 atom stereocenters. The zero-order chi connectivity index (χ0) is 18.6. The Balaban J connectivity index is 1.61. The highest BCUT2D eigenvalue weighted by molar-refractivity contribution is 5.53. The quantitative estimate of drug-likeness (QED) is 0.798. The van der Waals surface area contributed by atoms with Crippen LogP contribution < -0.4 is 15.2 Å². The topological polar surface area (TPSA) is 68.3 Å². The standard InChI is InChI=1S/C23H22N2O2/c24-14-20-22(17-9-5-2-6-10-17)19-12-11-18(13-21(19)27-23(20)25)26-15-16-7-3-1-4-8-16/h1-5,7-8,11-13,17,22H,6,9-10,15,25H2/t17-,22-/m1/s1. The monoisotopic (exact) mass is 358 g/mol. The molecule has 0 aromatic heterocycles. The second-order valence-corrected chi connectivity index (χ2v) is 6.99. The van der Waals surface area contributed by atoms with Gasteiger partial charge >= 0.3 is 0 Å². The molecule has 1 aliphatic heterocycles. The summed E-state index contributed by atoms with van der Waals surface area (Å²) in [6.45, 7) is 0.491. The van der Waals surface area contributed by atoms with Gasteiger partial charge in [0.2, 0.25) is 5.88 Å². The molecule has 0 saturated carbocycles. The first-order valence-corrected chi connectivity index (χ1v) is 9.29. The first kappa shape index (κ1) is 17.2. The van der Waals surface area contributed by atoms with Crippen LogP contribution in [0.15, 0.2) is 72.1 Å². The number of ether oxygens (including phenoxy) is 2. The summed E-state index contributed by atoms with van der Waals surface area (Å²) in [5, 5.41) is 9.64. The summed E-state index contributed by atoms with van der Waals surface area (Å²) >= 11 is 0. The predicted molar refractivity (Wildman–Crippen MR) is 104 cm³/mol. The summed E-state index contributed by atoms with van der Waals surface area (Å²) in [6, 6.07) is 18.2. The van der Waals surface area contributed by atoms with Crippen LogP contribution in [-0.4, -0.2) is 0 Å².